The van der Waals surface area contributed by atoms with E-state index in [2.05, 4.69) is 15.6 Å². The summed E-state index contributed by atoms with van der Waals surface area (Å²) in [4.78, 5) is 16.3. The highest BCUT2D eigenvalue weighted by Gasteiger charge is 2.30. The Balaban J connectivity index is 1.57. The highest BCUT2D eigenvalue weighted by molar-refractivity contribution is 5.94. The Morgan fingerprint density at radius 3 is 2.56 bits per heavy atom. The van der Waals surface area contributed by atoms with Crippen LogP contribution in [0.1, 0.15) is 48.0 Å². The fraction of sp³-hybridized carbons (Fsp3) is 0.400. The highest BCUT2D eigenvalue weighted by atomic mass is 19.4. The number of benzene rings is 1. The predicted octanol–water partition coefficient (Wildman–Crippen LogP) is 5.15. The van der Waals surface area contributed by atoms with Crippen molar-refractivity contribution in [2.45, 2.75) is 38.3 Å². The smallest absolute Gasteiger partial charge is 0.352 e. The number of hydrogen-bond donors (Lipinski definition) is 2. The van der Waals surface area contributed by atoms with Gasteiger partial charge in [-0.3, -0.25) is 4.79 Å². The second-order valence-electron chi connectivity index (χ2n) is 6.85. The quantitative estimate of drug-likeness (QED) is 0.757. The monoisotopic (exact) mass is 377 g/mol. The van der Waals surface area contributed by atoms with Gasteiger partial charge in [0.25, 0.3) is 5.91 Å². The average molecular weight is 377 g/mol. The third-order valence-corrected chi connectivity index (χ3v) is 4.76. The van der Waals surface area contributed by atoms with Crippen LogP contribution in [0, 0.1) is 5.92 Å². The summed E-state index contributed by atoms with van der Waals surface area (Å²) >= 11 is 0. The summed E-state index contributed by atoms with van der Waals surface area (Å²) in [6.07, 6.45) is 3.04. The summed E-state index contributed by atoms with van der Waals surface area (Å²) in [5.74, 6) is 0.731. The third kappa shape index (κ3) is 5.45. The van der Waals surface area contributed by atoms with Crippen molar-refractivity contribution in [1.82, 2.24) is 10.3 Å². The third-order valence-electron chi connectivity index (χ3n) is 4.76. The first-order valence-corrected chi connectivity index (χ1v) is 9.10. The van der Waals surface area contributed by atoms with Crippen LogP contribution in [0.15, 0.2) is 42.6 Å². The van der Waals surface area contributed by atoms with E-state index in [9.17, 15) is 18.0 Å². The Morgan fingerprint density at radius 2 is 1.89 bits per heavy atom. The van der Waals surface area contributed by atoms with Gasteiger partial charge < -0.3 is 10.6 Å². The van der Waals surface area contributed by atoms with Gasteiger partial charge in [-0.05, 0) is 49.1 Å². The minimum Gasteiger partial charge on any atom is -0.352 e. The fourth-order valence-electron chi connectivity index (χ4n) is 3.25. The molecule has 7 heteroatoms. The van der Waals surface area contributed by atoms with Crippen LogP contribution < -0.4 is 10.6 Å². The van der Waals surface area contributed by atoms with E-state index in [0.29, 0.717) is 23.8 Å². The molecular formula is C20H22F3N3O. The van der Waals surface area contributed by atoms with Gasteiger partial charge in [-0.1, -0.05) is 25.3 Å². The number of hydrogen-bond acceptors (Lipinski definition) is 3. The van der Waals surface area contributed by atoms with Crippen LogP contribution in [0.5, 0.6) is 0 Å². The number of pyridine rings is 1. The van der Waals surface area contributed by atoms with Gasteiger partial charge in [0.15, 0.2) is 0 Å². The lowest BCUT2D eigenvalue weighted by Crippen LogP contribution is -2.30. The Hall–Kier alpha value is -2.57. The van der Waals surface area contributed by atoms with E-state index in [0.717, 1.165) is 25.0 Å². The van der Waals surface area contributed by atoms with E-state index in [1.807, 2.05) is 0 Å². The van der Waals surface area contributed by atoms with Crippen LogP contribution in [0.25, 0.3) is 0 Å². The number of alkyl halides is 3. The number of rotatable bonds is 5. The van der Waals surface area contributed by atoms with Crippen LogP contribution in [0.3, 0.4) is 0 Å². The molecule has 1 aliphatic rings. The van der Waals surface area contributed by atoms with Crippen molar-refractivity contribution in [3.8, 4) is 0 Å². The molecule has 4 nitrogen and oxygen atoms in total. The number of nitrogens with zero attached hydrogens (tertiary/aromatic N) is 1. The second kappa shape index (κ2) is 8.41. The molecule has 0 radical (unpaired) electrons. The number of aromatic nitrogens is 1. The molecule has 1 aliphatic carbocycles. The molecule has 144 valence electrons. The average Bonchev–Trinajstić information content (AvgIpc) is 2.67. The molecular weight excluding hydrogens is 355 g/mol. The minimum absolute atomic E-state index is 0.182. The molecule has 0 bridgehead atoms. The molecule has 1 fully saturated rings. The molecule has 0 spiro atoms. The number of carbonyl (C=O) groups is 1. The molecule has 3 rings (SSSR count). The van der Waals surface area contributed by atoms with Crippen LogP contribution in [-0.2, 0) is 6.18 Å². The van der Waals surface area contributed by atoms with Gasteiger partial charge in [-0.2, -0.15) is 13.2 Å². The lowest BCUT2D eigenvalue weighted by molar-refractivity contribution is -0.137. The van der Waals surface area contributed by atoms with Gasteiger partial charge in [-0.15, -0.1) is 0 Å². The fourth-order valence-corrected chi connectivity index (χ4v) is 3.25. The van der Waals surface area contributed by atoms with Gasteiger partial charge >= 0.3 is 6.18 Å². The number of nitrogens with one attached hydrogen (secondary N) is 2. The van der Waals surface area contributed by atoms with E-state index in [-0.39, 0.29) is 11.6 Å². The lowest BCUT2D eigenvalue weighted by atomic mass is 9.89. The summed E-state index contributed by atoms with van der Waals surface area (Å²) in [7, 11) is 0. The second-order valence-corrected chi connectivity index (χ2v) is 6.85. The topological polar surface area (TPSA) is 54.0 Å². The Bertz CT molecular complexity index is 769. The van der Waals surface area contributed by atoms with Crippen molar-refractivity contribution in [2.75, 3.05) is 11.9 Å². The number of halogens is 3. The summed E-state index contributed by atoms with van der Waals surface area (Å²) in [5.41, 5.74) is -0.0153. The first kappa shape index (κ1) is 19.2. The Morgan fingerprint density at radius 1 is 1.11 bits per heavy atom. The van der Waals surface area contributed by atoms with Crippen LogP contribution in [0.2, 0.25) is 0 Å². The highest BCUT2D eigenvalue weighted by Crippen LogP contribution is 2.31. The van der Waals surface area contributed by atoms with E-state index in [4.69, 9.17) is 0 Å². The van der Waals surface area contributed by atoms with Gasteiger partial charge in [-0.25, -0.2) is 4.98 Å². The maximum Gasteiger partial charge on any atom is 0.416 e. The van der Waals surface area contributed by atoms with Crippen LogP contribution in [-0.4, -0.2) is 17.4 Å². The zero-order valence-corrected chi connectivity index (χ0v) is 14.9. The molecule has 1 aromatic heterocycles. The standard InChI is InChI=1S/C20H22F3N3O/c21-20(22,23)16-7-4-8-17(11-16)26-18-10-9-15(13-24-18)19(27)25-12-14-5-2-1-3-6-14/h4,7-11,13-14H,1-3,5-6,12H2,(H,24,26)(H,25,27). The van der Waals surface area contributed by atoms with Crippen molar-refractivity contribution in [3.63, 3.8) is 0 Å². The maximum absolute atomic E-state index is 12.8. The zero-order valence-electron chi connectivity index (χ0n) is 14.9. The van der Waals surface area contributed by atoms with Gasteiger partial charge in [0, 0.05) is 18.4 Å². The SMILES string of the molecule is O=C(NCC1CCCCC1)c1ccc(Nc2cccc(C(F)(F)F)c2)nc1. The zero-order chi connectivity index (χ0) is 19.3. The summed E-state index contributed by atoms with van der Waals surface area (Å²) in [6.45, 7) is 0.670. The van der Waals surface area contributed by atoms with Gasteiger partial charge in [0.1, 0.15) is 5.82 Å². The normalized spacial score (nSPS) is 15.4. The van der Waals surface area contributed by atoms with Crippen LogP contribution in [0.4, 0.5) is 24.7 Å². The van der Waals surface area contributed by atoms with Gasteiger partial charge in [0.05, 0.1) is 11.1 Å². The van der Waals surface area contributed by atoms with Crippen molar-refractivity contribution >= 4 is 17.4 Å². The summed E-state index contributed by atoms with van der Waals surface area (Å²) in [5, 5.41) is 5.76. The molecule has 0 aliphatic heterocycles. The van der Waals surface area contributed by atoms with E-state index >= 15 is 0 Å². The van der Waals surface area contributed by atoms with E-state index in [1.165, 1.54) is 37.6 Å². The molecule has 1 amide bonds. The molecule has 2 N–H and O–H groups in total. The van der Waals surface area contributed by atoms with Crippen molar-refractivity contribution in [2.24, 2.45) is 5.92 Å². The molecule has 2 aromatic rings. The largest absolute Gasteiger partial charge is 0.416 e. The number of carbonyl (C=O) groups excluding carboxylic acids is 1. The number of amides is 1. The first-order chi connectivity index (χ1) is 12.9. The minimum atomic E-state index is -4.40. The van der Waals surface area contributed by atoms with Crippen LogP contribution >= 0.6 is 0 Å². The Labute approximate surface area is 156 Å². The van der Waals surface area contributed by atoms with Crippen molar-refractivity contribution < 1.29 is 18.0 Å². The summed E-state index contributed by atoms with van der Waals surface area (Å²) in [6, 6.07) is 8.08. The van der Waals surface area contributed by atoms with E-state index < -0.39 is 11.7 Å². The molecule has 1 saturated carbocycles. The molecule has 0 atom stereocenters. The van der Waals surface area contributed by atoms with Crippen molar-refractivity contribution in [3.05, 3.63) is 53.7 Å². The van der Waals surface area contributed by atoms with Gasteiger partial charge in [0.2, 0.25) is 0 Å². The van der Waals surface area contributed by atoms with E-state index in [1.54, 1.807) is 12.1 Å². The maximum atomic E-state index is 12.8. The summed E-state index contributed by atoms with van der Waals surface area (Å²) < 4.78 is 38.3. The Kier molecular flexibility index (Phi) is 5.98. The molecule has 0 unspecified atom stereocenters. The lowest BCUT2D eigenvalue weighted by Gasteiger charge is -2.21. The molecule has 1 heterocycles. The predicted molar refractivity (Wildman–Crippen MR) is 97.9 cm³/mol. The number of anilines is 2. The molecule has 0 saturated heterocycles. The van der Waals surface area contributed by atoms with Crippen molar-refractivity contribution in [1.29, 1.82) is 0 Å². The first-order valence-electron chi connectivity index (χ1n) is 9.10. The molecule has 1 aromatic carbocycles. The molecule has 27 heavy (non-hydrogen) atoms.